The molecule has 0 saturated carbocycles. The molecule has 0 aromatic heterocycles. The highest BCUT2D eigenvalue weighted by Gasteiger charge is 2.17. The molecular formula is C20H22N2O6S. The van der Waals surface area contributed by atoms with Crippen LogP contribution < -0.4 is 19.9 Å². The minimum atomic E-state index is -3.76. The molecule has 1 amide bonds. The zero-order chi connectivity index (χ0) is 21.0. The number of fused-ring (bicyclic) bond motifs is 1. The van der Waals surface area contributed by atoms with Gasteiger partial charge in [-0.1, -0.05) is 12.1 Å². The van der Waals surface area contributed by atoms with E-state index in [2.05, 4.69) is 5.32 Å². The van der Waals surface area contributed by atoms with Crippen LogP contribution in [0.1, 0.15) is 41.7 Å². The van der Waals surface area contributed by atoms with Gasteiger partial charge < -0.3 is 14.8 Å². The van der Waals surface area contributed by atoms with E-state index in [1.165, 1.54) is 12.1 Å². The first-order chi connectivity index (χ1) is 13.7. The Morgan fingerprint density at radius 1 is 1.03 bits per heavy atom. The Bertz CT molecular complexity index is 1020. The summed E-state index contributed by atoms with van der Waals surface area (Å²) in [6, 6.07) is 10.6. The van der Waals surface area contributed by atoms with Gasteiger partial charge in [0.1, 0.15) is 13.2 Å². The minimum Gasteiger partial charge on any atom is -0.486 e. The van der Waals surface area contributed by atoms with Crippen molar-refractivity contribution in [3.8, 4) is 11.5 Å². The van der Waals surface area contributed by atoms with Gasteiger partial charge in [-0.25, -0.2) is 13.6 Å². The fourth-order valence-electron chi connectivity index (χ4n) is 2.93. The SMILES string of the molecule is C[C@@H](NC(=O)CCC(=O)c1ccc2c(c1)OCCO2)c1ccc(S(N)(=O)=O)cc1. The number of ketones is 1. The van der Waals surface area contributed by atoms with Crippen LogP contribution in [0.3, 0.4) is 0 Å². The summed E-state index contributed by atoms with van der Waals surface area (Å²) in [4.78, 5) is 24.6. The van der Waals surface area contributed by atoms with Crippen LogP contribution in [0.5, 0.6) is 11.5 Å². The number of hydrogen-bond donors (Lipinski definition) is 2. The van der Waals surface area contributed by atoms with Crippen LogP contribution in [-0.2, 0) is 14.8 Å². The number of nitrogens with one attached hydrogen (secondary N) is 1. The van der Waals surface area contributed by atoms with E-state index < -0.39 is 10.0 Å². The standard InChI is InChI=1S/C20H22N2O6S/c1-13(14-2-5-16(6-3-14)29(21,25)26)22-20(24)9-7-17(23)15-4-8-18-19(12-15)28-11-10-27-18/h2-6,8,12-13H,7,9-11H2,1H3,(H,22,24)(H2,21,25,26)/t13-/m1/s1. The number of sulfonamides is 1. The second-order valence-electron chi connectivity index (χ2n) is 6.68. The van der Waals surface area contributed by atoms with Crippen LogP contribution in [0.25, 0.3) is 0 Å². The lowest BCUT2D eigenvalue weighted by molar-refractivity contribution is -0.121. The molecule has 3 N–H and O–H groups in total. The Morgan fingerprint density at radius 3 is 2.34 bits per heavy atom. The predicted molar refractivity (Wildman–Crippen MR) is 105 cm³/mol. The second kappa shape index (κ2) is 8.62. The normalized spacial score (nSPS) is 14.1. The van der Waals surface area contributed by atoms with Gasteiger partial charge in [0, 0.05) is 18.4 Å². The third-order valence-corrected chi connectivity index (χ3v) is 5.46. The molecule has 8 nitrogen and oxygen atoms in total. The Balaban J connectivity index is 1.53. The lowest BCUT2D eigenvalue weighted by Gasteiger charge is -2.18. The molecule has 0 bridgehead atoms. The van der Waals surface area contributed by atoms with E-state index >= 15 is 0 Å². The molecule has 0 radical (unpaired) electrons. The van der Waals surface area contributed by atoms with Gasteiger partial charge >= 0.3 is 0 Å². The topological polar surface area (TPSA) is 125 Å². The Labute approximate surface area is 169 Å². The van der Waals surface area contributed by atoms with Crippen molar-refractivity contribution >= 4 is 21.7 Å². The first-order valence-electron chi connectivity index (χ1n) is 9.09. The molecule has 2 aromatic rings. The summed E-state index contributed by atoms with van der Waals surface area (Å²) in [6.45, 7) is 2.68. The van der Waals surface area contributed by atoms with Gasteiger partial charge in [0.2, 0.25) is 15.9 Å². The van der Waals surface area contributed by atoms with E-state index in [1.807, 2.05) is 0 Å². The Morgan fingerprint density at radius 2 is 1.69 bits per heavy atom. The number of ether oxygens (including phenoxy) is 2. The number of primary sulfonamides is 1. The minimum absolute atomic E-state index is 0.00445. The van der Waals surface area contributed by atoms with Crippen molar-refractivity contribution in [2.75, 3.05) is 13.2 Å². The van der Waals surface area contributed by atoms with E-state index in [1.54, 1.807) is 37.3 Å². The molecule has 1 aliphatic heterocycles. The molecule has 0 aliphatic carbocycles. The van der Waals surface area contributed by atoms with Crippen LogP contribution in [0.4, 0.5) is 0 Å². The maximum Gasteiger partial charge on any atom is 0.238 e. The van der Waals surface area contributed by atoms with E-state index in [0.717, 1.165) is 5.56 Å². The summed E-state index contributed by atoms with van der Waals surface area (Å²) < 4.78 is 33.5. The number of benzene rings is 2. The van der Waals surface area contributed by atoms with Crippen molar-refractivity contribution in [1.82, 2.24) is 5.32 Å². The highest BCUT2D eigenvalue weighted by atomic mass is 32.2. The molecule has 0 unspecified atom stereocenters. The molecule has 154 valence electrons. The van der Waals surface area contributed by atoms with E-state index in [-0.39, 0.29) is 35.5 Å². The third kappa shape index (κ3) is 5.33. The van der Waals surface area contributed by atoms with Crippen LogP contribution in [0.15, 0.2) is 47.4 Å². The quantitative estimate of drug-likeness (QED) is 0.662. The summed E-state index contributed by atoms with van der Waals surface area (Å²) in [5.41, 5.74) is 1.19. The summed E-state index contributed by atoms with van der Waals surface area (Å²) in [7, 11) is -3.76. The smallest absolute Gasteiger partial charge is 0.238 e. The molecule has 1 atom stereocenters. The van der Waals surface area contributed by atoms with Gasteiger partial charge in [0.25, 0.3) is 0 Å². The lowest BCUT2D eigenvalue weighted by atomic mass is 10.0. The molecule has 1 heterocycles. The van der Waals surface area contributed by atoms with Crippen molar-refractivity contribution in [2.45, 2.75) is 30.7 Å². The lowest BCUT2D eigenvalue weighted by Crippen LogP contribution is -2.27. The van der Waals surface area contributed by atoms with Crippen LogP contribution in [0, 0.1) is 0 Å². The molecule has 0 spiro atoms. The predicted octanol–water partition coefficient (Wildman–Crippen LogP) is 1.95. The summed E-state index contributed by atoms with van der Waals surface area (Å²) in [6.07, 6.45) is 0.0927. The molecule has 3 rings (SSSR count). The van der Waals surface area contributed by atoms with Gasteiger partial charge in [0.15, 0.2) is 17.3 Å². The summed E-state index contributed by atoms with van der Waals surface area (Å²) in [5, 5.41) is 7.87. The van der Waals surface area contributed by atoms with Crippen LogP contribution in [0.2, 0.25) is 0 Å². The molecule has 1 aliphatic rings. The highest BCUT2D eigenvalue weighted by Crippen LogP contribution is 2.31. The van der Waals surface area contributed by atoms with Gasteiger partial charge in [0.05, 0.1) is 10.9 Å². The van der Waals surface area contributed by atoms with Gasteiger partial charge in [-0.15, -0.1) is 0 Å². The average molecular weight is 418 g/mol. The van der Waals surface area contributed by atoms with Crippen molar-refractivity contribution in [2.24, 2.45) is 5.14 Å². The summed E-state index contributed by atoms with van der Waals surface area (Å²) >= 11 is 0. The largest absolute Gasteiger partial charge is 0.486 e. The van der Waals surface area contributed by atoms with Crippen molar-refractivity contribution in [3.05, 3.63) is 53.6 Å². The maximum atomic E-state index is 12.4. The molecule has 29 heavy (non-hydrogen) atoms. The van der Waals surface area contributed by atoms with Crippen molar-refractivity contribution < 1.29 is 27.5 Å². The monoisotopic (exact) mass is 418 g/mol. The molecule has 0 saturated heterocycles. The number of amides is 1. The van der Waals surface area contributed by atoms with E-state index in [0.29, 0.717) is 30.3 Å². The maximum absolute atomic E-state index is 12.4. The number of carbonyl (C=O) groups excluding carboxylic acids is 2. The van der Waals surface area contributed by atoms with Gasteiger partial charge in [-0.05, 0) is 42.8 Å². The van der Waals surface area contributed by atoms with Crippen LogP contribution in [-0.4, -0.2) is 33.3 Å². The molecule has 9 heteroatoms. The fourth-order valence-corrected chi connectivity index (χ4v) is 3.45. The zero-order valence-corrected chi connectivity index (χ0v) is 16.7. The van der Waals surface area contributed by atoms with Gasteiger partial charge in [-0.3, -0.25) is 9.59 Å². The number of nitrogens with two attached hydrogens (primary N) is 1. The van der Waals surface area contributed by atoms with Crippen LogP contribution >= 0.6 is 0 Å². The Hall–Kier alpha value is -2.91. The molecule has 2 aromatic carbocycles. The van der Waals surface area contributed by atoms with Gasteiger partial charge in [-0.2, -0.15) is 0 Å². The molecule has 0 fully saturated rings. The first kappa shape index (κ1) is 20.8. The third-order valence-electron chi connectivity index (χ3n) is 4.53. The van der Waals surface area contributed by atoms with E-state index in [4.69, 9.17) is 14.6 Å². The number of rotatable bonds is 7. The van der Waals surface area contributed by atoms with E-state index in [9.17, 15) is 18.0 Å². The highest BCUT2D eigenvalue weighted by molar-refractivity contribution is 7.89. The van der Waals surface area contributed by atoms with Crippen molar-refractivity contribution in [3.63, 3.8) is 0 Å². The molecular weight excluding hydrogens is 396 g/mol. The number of hydrogen-bond acceptors (Lipinski definition) is 6. The zero-order valence-electron chi connectivity index (χ0n) is 15.9. The summed E-state index contributed by atoms with van der Waals surface area (Å²) in [5.74, 6) is 0.692. The first-order valence-corrected chi connectivity index (χ1v) is 10.6. The number of Topliss-reactive ketones (excluding diaryl/α,β-unsaturated/α-hetero) is 1. The number of carbonyl (C=O) groups is 2. The fraction of sp³-hybridized carbons (Fsp3) is 0.300. The Kier molecular flexibility index (Phi) is 6.19. The average Bonchev–Trinajstić information content (AvgIpc) is 2.71. The van der Waals surface area contributed by atoms with Crippen molar-refractivity contribution in [1.29, 1.82) is 0 Å². The second-order valence-corrected chi connectivity index (χ2v) is 8.25.